The van der Waals surface area contributed by atoms with Crippen molar-refractivity contribution in [2.24, 2.45) is 16.1 Å². The molecule has 0 saturated carbocycles. The average molecular weight is 347 g/mol. The Bertz CT molecular complexity index is 1080. The summed E-state index contributed by atoms with van der Waals surface area (Å²) < 4.78 is 2.27. The predicted octanol–water partition coefficient (Wildman–Crippen LogP) is 2.00. The fraction of sp³-hybridized carbons (Fsp3) is 0.158. The number of aromatic nitrogens is 1. The summed E-state index contributed by atoms with van der Waals surface area (Å²) >= 11 is 0. The van der Waals surface area contributed by atoms with Crippen LogP contribution in [0.1, 0.15) is 12.5 Å². The first-order valence-electron chi connectivity index (χ1n) is 8.36. The van der Waals surface area contributed by atoms with Crippen molar-refractivity contribution in [2.45, 2.75) is 13.5 Å². The summed E-state index contributed by atoms with van der Waals surface area (Å²) in [7, 11) is 0. The lowest BCUT2D eigenvalue weighted by atomic mass is 10.1. The Morgan fingerprint density at radius 3 is 2.85 bits per heavy atom. The van der Waals surface area contributed by atoms with Crippen molar-refractivity contribution in [1.82, 2.24) is 15.4 Å². The van der Waals surface area contributed by atoms with Gasteiger partial charge in [0.2, 0.25) is 0 Å². The normalized spacial score (nSPS) is 16.7. The maximum atomic E-state index is 11.9. The van der Waals surface area contributed by atoms with Gasteiger partial charge in [0.15, 0.2) is 5.92 Å². The number of hydrazone groups is 2. The van der Waals surface area contributed by atoms with E-state index in [1.54, 1.807) is 6.21 Å². The maximum absolute atomic E-state index is 11.9. The topological polar surface area (TPSA) is 87.8 Å². The largest absolute Gasteiger partial charge is 0.341 e. The van der Waals surface area contributed by atoms with E-state index in [2.05, 4.69) is 50.7 Å². The molecule has 1 aromatic heterocycles. The number of carbonyl (C=O) groups excluding carboxylic acids is 2. The van der Waals surface area contributed by atoms with Gasteiger partial charge in [-0.05, 0) is 30.7 Å². The number of nitrogens with zero attached hydrogens (tertiary/aromatic N) is 3. The molecule has 3 aromatic rings. The van der Waals surface area contributed by atoms with Crippen LogP contribution < -0.4 is 10.9 Å². The van der Waals surface area contributed by atoms with E-state index in [4.69, 9.17) is 0 Å². The lowest BCUT2D eigenvalue weighted by molar-refractivity contribution is -0.131. The third kappa shape index (κ3) is 2.63. The van der Waals surface area contributed by atoms with Crippen molar-refractivity contribution >= 4 is 46.0 Å². The van der Waals surface area contributed by atoms with Gasteiger partial charge in [-0.1, -0.05) is 24.3 Å². The molecule has 1 aliphatic rings. The van der Waals surface area contributed by atoms with Crippen LogP contribution >= 0.6 is 0 Å². The highest BCUT2D eigenvalue weighted by molar-refractivity contribution is 6.15. The van der Waals surface area contributed by atoms with Crippen LogP contribution in [0.5, 0.6) is 0 Å². The van der Waals surface area contributed by atoms with Gasteiger partial charge in [-0.2, -0.15) is 10.2 Å². The van der Waals surface area contributed by atoms with E-state index in [0.29, 0.717) is 0 Å². The molecule has 26 heavy (non-hydrogen) atoms. The van der Waals surface area contributed by atoms with Crippen LogP contribution in [-0.2, 0) is 16.1 Å². The van der Waals surface area contributed by atoms with Gasteiger partial charge in [-0.3, -0.25) is 9.59 Å². The second-order valence-electron chi connectivity index (χ2n) is 6.00. The molecule has 7 heteroatoms. The van der Waals surface area contributed by atoms with Gasteiger partial charge in [-0.25, -0.2) is 10.9 Å². The number of para-hydroxylation sites is 1. The van der Waals surface area contributed by atoms with Crippen molar-refractivity contribution in [3.05, 3.63) is 48.0 Å². The second-order valence-corrected chi connectivity index (χ2v) is 6.00. The zero-order chi connectivity index (χ0) is 18.1. The Hall–Kier alpha value is -3.48. The number of hydrogen-bond acceptors (Lipinski definition) is 4. The molecule has 0 fully saturated rings. The highest BCUT2D eigenvalue weighted by Crippen LogP contribution is 2.29. The lowest BCUT2D eigenvalue weighted by Gasteiger charge is -2.03. The number of nitrogens with one attached hydrogen (secondary N) is 2. The van der Waals surface area contributed by atoms with Crippen LogP contribution in [0, 0.1) is 5.92 Å². The molecule has 130 valence electrons. The number of amides is 2. The quantitative estimate of drug-likeness (QED) is 0.429. The minimum absolute atomic E-state index is 0.452. The lowest BCUT2D eigenvalue weighted by Crippen LogP contribution is -2.34. The third-order valence-corrected chi connectivity index (χ3v) is 4.46. The van der Waals surface area contributed by atoms with Gasteiger partial charge >= 0.3 is 0 Å². The fourth-order valence-corrected chi connectivity index (χ4v) is 3.23. The van der Waals surface area contributed by atoms with Crippen LogP contribution in [-0.4, -0.2) is 28.8 Å². The second kappa shape index (κ2) is 6.44. The van der Waals surface area contributed by atoms with Gasteiger partial charge in [0, 0.05) is 34.6 Å². The first-order valence-corrected chi connectivity index (χ1v) is 8.36. The van der Waals surface area contributed by atoms with Crippen LogP contribution in [0.15, 0.2) is 52.7 Å². The van der Waals surface area contributed by atoms with Crippen LogP contribution in [0.3, 0.4) is 0 Å². The highest BCUT2D eigenvalue weighted by Gasteiger charge is 2.28. The smallest absolute Gasteiger partial charge is 0.258 e. The van der Waals surface area contributed by atoms with E-state index in [-0.39, 0.29) is 0 Å². The van der Waals surface area contributed by atoms with Gasteiger partial charge in [0.25, 0.3) is 11.8 Å². The summed E-state index contributed by atoms with van der Waals surface area (Å²) in [6.45, 7) is 3.01. The Morgan fingerprint density at radius 2 is 2.08 bits per heavy atom. The van der Waals surface area contributed by atoms with E-state index in [1.807, 2.05) is 24.3 Å². The molecule has 2 aromatic carbocycles. The molecule has 2 amide bonds. The summed E-state index contributed by atoms with van der Waals surface area (Å²) in [6, 6.07) is 14.3. The molecule has 0 spiro atoms. The van der Waals surface area contributed by atoms with Gasteiger partial charge in [0.1, 0.15) is 0 Å². The van der Waals surface area contributed by atoms with Crippen LogP contribution in [0.4, 0.5) is 0 Å². The van der Waals surface area contributed by atoms with E-state index in [1.165, 1.54) is 17.1 Å². The van der Waals surface area contributed by atoms with Crippen molar-refractivity contribution in [3.63, 3.8) is 0 Å². The number of benzene rings is 2. The zero-order valence-electron chi connectivity index (χ0n) is 14.1. The molecule has 1 atom stereocenters. The summed E-state index contributed by atoms with van der Waals surface area (Å²) in [6.07, 6.45) is 2.83. The van der Waals surface area contributed by atoms with Gasteiger partial charge in [-0.15, -0.1) is 0 Å². The van der Waals surface area contributed by atoms with Crippen molar-refractivity contribution in [2.75, 3.05) is 0 Å². The fourth-order valence-electron chi connectivity index (χ4n) is 3.23. The molecule has 4 rings (SSSR count). The van der Waals surface area contributed by atoms with Gasteiger partial charge in [0.05, 0.1) is 6.21 Å². The molecular weight excluding hydrogens is 330 g/mol. The summed E-state index contributed by atoms with van der Waals surface area (Å²) in [4.78, 5) is 23.3. The number of aryl methyl sites for hydroxylation is 1. The molecule has 0 radical (unpaired) electrons. The highest BCUT2D eigenvalue weighted by atomic mass is 16.2. The molecule has 0 saturated heterocycles. The molecule has 2 N–H and O–H groups in total. The number of fused-ring (bicyclic) bond motifs is 3. The Balaban J connectivity index is 1.61. The molecule has 0 bridgehead atoms. The number of rotatable bonds is 4. The van der Waals surface area contributed by atoms with E-state index < -0.39 is 17.7 Å². The number of carbonyl (C=O) groups is 2. The van der Waals surface area contributed by atoms with E-state index >= 15 is 0 Å². The molecule has 1 aliphatic heterocycles. The van der Waals surface area contributed by atoms with Crippen molar-refractivity contribution < 1.29 is 9.59 Å². The van der Waals surface area contributed by atoms with E-state index in [0.717, 1.165) is 23.0 Å². The SMILES string of the molecule is CCn1c2ccccc2c2cc(/C=N/NC(=O)C3C=NNC3=O)ccc21. The van der Waals surface area contributed by atoms with Gasteiger partial charge < -0.3 is 4.57 Å². The van der Waals surface area contributed by atoms with Crippen molar-refractivity contribution in [1.29, 1.82) is 0 Å². The van der Waals surface area contributed by atoms with Crippen LogP contribution in [0.2, 0.25) is 0 Å². The summed E-state index contributed by atoms with van der Waals surface area (Å²) in [5, 5.41) is 9.85. The molecule has 0 aliphatic carbocycles. The standard InChI is InChI=1S/C19H17N5O2/c1-2-24-16-6-4-3-5-13(16)14-9-12(7-8-17(14)24)10-20-22-18(25)15-11-21-23-19(15)26/h3-11,15H,2H2,1H3,(H,22,25)(H,23,26)/b20-10+. The third-order valence-electron chi connectivity index (χ3n) is 4.46. The average Bonchev–Trinajstić information content (AvgIpc) is 3.22. The Kier molecular flexibility index (Phi) is 3.96. The first kappa shape index (κ1) is 16.0. The molecular formula is C19H17N5O2. The molecule has 1 unspecified atom stereocenters. The number of hydrogen-bond donors (Lipinski definition) is 2. The molecule has 7 nitrogen and oxygen atoms in total. The monoisotopic (exact) mass is 347 g/mol. The minimum Gasteiger partial charge on any atom is -0.341 e. The maximum Gasteiger partial charge on any atom is 0.258 e. The predicted molar refractivity (Wildman–Crippen MR) is 101 cm³/mol. The summed E-state index contributed by atoms with van der Waals surface area (Å²) in [5.74, 6) is -1.90. The first-order chi connectivity index (χ1) is 12.7. The Morgan fingerprint density at radius 1 is 1.27 bits per heavy atom. The van der Waals surface area contributed by atoms with Crippen molar-refractivity contribution in [3.8, 4) is 0 Å². The minimum atomic E-state index is -0.933. The summed E-state index contributed by atoms with van der Waals surface area (Å²) in [5.41, 5.74) is 7.81. The molecule has 2 heterocycles. The van der Waals surface area contributed by atoms with E-state index in [9.17, 15) is 9.59 Å². The Labute approximate surface area is 149 Å². The van der Waals surface area contributed by atoms with Crippen LogP contribution in [0.25, 0.3) is 21.8 Å². The zero-order valence-corrected chi connectivity index (χ0v) is 14.1.